The molecule has 0 heterocycles. The highest BCUT2D eigenvalue weighted by Crippen LogP contribution is 2.23. The van der Waals surface area contributed by atoms with E-state index < -0.39 is 22.5 Å². The van der Waals surface area contributed by atoms with Crippen LogP contribution in [0.5, 0.6) is 0 Å². The minimum Gasteiger partial charge on any atom is -0.326 e. The van der Waals surface area contributed by atoms with Crippen molar-refractivity contribution in [3.8, 4) is 0 Å². The fourth-order valence-corrected chi connectivity index (χ4v) is 3.78. The number of hydrogen-bond donors (Lipinski definition) is 2. The van der Waals surface area contributed by atoms with E-state index in [2.05, 4.69) is 15.8 Å². The Hall–Kier alpha value is -3.20. The second-order valence-electron chi connectivity index (χ2n) is 7.05. The summed E-state index contributed by atoms with van der Waals surface area (Å²) in [6.45, 7) is 6.42. The normalized spacial score (nSPS) is 11.7. The molecule has 8 nitrogen and oxygen atoms in total. The third-order valence-electron chi connectivity index (χ3n) is 4.26. The van der Waals surface area contributed by atoms with Gasteiger partial charge in [-0.2, -0.15) is 5.10 Å². The molecule has 0 fully saturated rings. The van der Waals surface area contributed by atoms with E-state index in [1.807, 2.05) is 13.0 Å². The number of nitrogens with one attached hydrogen (secondary N) is 2. The number of carbonyl (C=O) groups excluding carboxylic acids is 2. The Morgan fingerprint density at radius 1 is 1.07 bits per heavy atom. The number of benzene rings is 2. The molecule has 2 aromatic rings. The monoisotopic (exact) mass is 430 g/mol. The first-order chi connectivity index (χ1) is 14.0. The maximum atomic E-state index is 12.4. The highest BCUT2D eigenvalue weighted by atomic mass is 32.2. The van der Waals surface area contributed by atoms with Crippen LogP contribution in [0, 0.1) is 13.8 Å². The number of sulfonamides is 1. The predicted molar refractivity (Wildman–Crippen MR) is 119 cm³/mol. The largest absolute Gasteiger partial charge is 0.326 e. The molecule has 0 unspecified atom stereocenters. The topological polar surface area (TPSA) is 108 Å². The number of hydrogen-bond acceptors (Lipinski definition) is 5. The first-order valence-corrected chi connectivity index (χ1v) is 11.1. The molecular formula is C21H26N4O4S. The number of amides is 2. The summed E-state index contributed by atoms with van der Waals surface area (Å²) in [4.78, 5) is 23.6. The molecule has 2 aromatic carbocycles. The van der Waals surface area contributed by atoms with Crippen LogP contribution in [-0.2, 0) is 19.6 Å². The summed E-state index contributed by atoms with van der Waals surface area (Å²) in [5.74, 6) is -0.764. The maximum Gasteiger partial charge on any atom is 0.260 e. The molecule has 0 radical (unpaired) electrons. The van der Waals surface area contributed by atoms with E-state index in [4.69, 9.17) is 0 Å². The van der Waals surface area contributed by atoms with E-state index in [1.165, 1.54) is 6.92 Å². The summed E-state index contributed by atoms with van der Waals surface area (Å²) in [6.07, 6.45) is 1.06. The Labute approximate surface area is 177 Å². The Morgan fingerprint density at radius 3 is 2.37 bits per heavy atom. The standard InChI is InChI=1S/C21H26N4O4S/c1-14-9-10-20(15(2)11-14)25(30(5,28)29)13-21(27)24-23-16(3)18-7-6-8-19(12-18)22-17(4)26/h6-12H,13H2,1-5H3,(H,22,26)(H,24,27)/b23-16-. The smallest absolute Gasteiger partial charge is 0.260 e. The minimum atomic E-state index is -3.67. The summed E-state index contributed by atoms with van der Waals surface area (Å²) in [5.41, 5.74) is 6.42. The molecule has 0 saturated carbocycles. The molecule has 9 heteroatoms. The van der Waals surface area contributed by atoms with E-state index in [0.717, 1.165) is 21.7 Å². The lowest BCUT2D eigenvalue weighted by molar-refractivity contribution is -0.119. The Balaban J connectivity index is 2.16. The highest BCUT2D eigenvalue weighted by Gasteiger charge is 2.22. The van der Waals surface area contributed by atoms with Crippen molar-refractivity contribution in [3.63, 3.8) is 0 Å². The Bertz CT molecular complexity index is 1090. The fraction of sp³-hybridized carbons (Fsp3) is 0.286. The zero-order chi connectivity index (χ0) is 22.5. The molecular weight excluding hydrogens is 404 g/mol. The van der Waals surface area contributed by atoms with Gasteiger partial charge in [-0.15, -0.1) is 0 Å². The molecule has 30 heavy (non-hydrogen) atoms. The van der Waals surface area contributed by atoms with Crippen LogP contribution >= 0.6 is 0 Å². The van der Waals surface area contributed by atoms with Crippen molar-refractivity contribution in [2.75, 3.05) is 22.4 Å². The summed E-state index contributed by atoms with van der Waals surface area (Å²) >= 11 is 0. The van der Waals surface area contributed by atoms with Crippen LogP contribution in [0.1, 0.15) is 30.5 Å². The van der Waals surface area contributed by atoms with Crippen molar-refractivity contribution < 1.29 is 18.0 Å². The van der Waals surface area contributed by atoms with Crippen molar-refractivity contribution >= 4 is 38.9 Å². The maximum absolute atomic E-state index is 12.4. The van der Waals surface area contributed by atoms with E-state index in [9.17, 15) is 18.0 Å². The van der Waals surface area contributed by atoms with Crippen LogP contribution in [0.2, 0.25) is 0 Å². The van der Waals surface area contributed by atoms with Gasteiger partial charge in [-0.05, 0) is 50.1 Å². The Morgan fingerprint density at radius 2 is 1.77 bits per heavy atom. The van der Waals surface area contributed by atoms with E-state index in [1.54, 1.807) is 50.2 Å². The molecule has 0 spiro atoms. The third-order valence-corrected chi connectivity index (χ3v) is 5.38. The average Bonchev–Trinajstić information content (AvgIpc) is 2.63. The number of aryl methyl sites for hydroxylation is 2. The van der Waals surface area contributed by atoms with Gasteiger partial charge < -0.3 is 5.32 Å². The van der Waals surface area contributed by atoms with Crippen molar-refractivity contribution in [1.82, 2.24) is 5.43 Å². The lowest BCUT2D eigenvalue weighted by Crippen LogP contribution is -2.39. The molecule has 2 N–H and O–H groups in total. The molecule has 0 bridgehead atoms. The van der Waals surface area contributed by atoms with Gasteiger partial charge >= 0.3 is 0 Å². The average molecular weight is 431 g/mol. The van der Waals surface area contributed by atoms with Gasteiger partial charge in [0, 0.05) is 12.6 Å². The number of rotatable bonds is 7. The number of anilines is 2. The first kappa shape index (κ1) is 23.1. The molecule has 0 saturated heterocycles. The number of hydrazone groups is 1. The van der Waals surface area contributed by atoms with Crippen molar-refractivity contribution in [2.45, 2.75) is 27.7 Å². The van der Waals surface area contributed by atoms with Gasteiger partial charge in [-0.25, -0.2) is 13.8 Å². The van der Waals surface area contributed by atoms with Gasteiger partial charge in [0.05, 0.1) is 17.7 Å². The van der Waals surface area contributed by atoms with Crippen LogP contribution in [0.25, 0.3) is 0 Å². The summed E-state index contributed by atoms with van der Waals surface area (Å²) in [6, 6.07) is 12.3. The third kappa shape index (κ3) is 6.41. The predicted octanol–water partition coefficient (Wildman–Crippen LogP) is 2.57. The quantitative estimate of drug-likeness (QED) is 0.520. The van der Waals surface area contributed by atoms with Gasteiger partial charge in [0.15, 0.2) is 0 Å². The fourth-order valence-electron chi connectivity index (χ4n) is 2.87. The van der Waals surface area contributed by atoms with Crippen LogP contribution < -0.4 is 15.0 Å². The lowest BCUT2D eigenvalue weighted by atomic mass is 10.1. The van der Waals surface area contributed by atoms with E-state index >= 15 is 0 Å². The Kier molecular flexibility index (Phi) is 7.33. The minimum absolute atomic E-state index is 0.192. The molecule has 0 aliphatic rings. The second kappa shape index (κ2) is 9.53. The molecule has 2 rings (SSSR count). The molecule has 0 aromatic heterocycles. The van der Waals surface area contributed by atoms with Crippen molar-refractivity contribution in [3.05, 3.63) is 59.2 Å². The number of nitrogens with zero attached hydrogens (tertiary/aromatic N) is 2. The van der Waals surface area contributed by atoms with E-state index in [-0.39, 0.29) is 5.91 Å². The van der Waals surface area contributed by atoms with Gasteiger partial charge in [0.1, 0.15) is 6.54 Å². The SMILES string of the molecule is CC(=O)Nc1cccc(/C(C)=N\NC(=O)CN(c2ccc(C)cc2C)S(C)(=O)=O)c1. The molecule has 0 aliphatic carbocycles. The zero-order valence-electron chi connectivity index (χ0n) is 17.7. The van der Waals surface area contributed by atoms with Crippen molar-refractivity contribution in [1.29, 1.82) is 0 Å². The molecule has 0 aliphatic heterocycles. The summed E-state index contributed by atoms with van der Waals surface area (Å²) in [7, 11) is -3.67. The summed E-state index contributed by atoms with van der Waals surface area (Å²) < 4.78 is 25.6. The van der Waals surface area contributed by atoms with Crippen molar-refractivity contribution in [2.24, 2.45) is 5.10 Å². The highest BCUT2D eigenvalue weighted by molar-refractivity contribution is 7.92. The van der Waals surface area contributed by atoms with Crippen LogP contribution in [0.15, 0.2) is 47.6 Å². The molecule has 2 amide bonds. The van der Waals surface area contributed by atoms with E-state index in [0.29, 0.717) is 22.6 Å². The van der Waals surface area contributed by atoms with Crippen LogP contribution in [0.4, 0.5) is 11.4 Å². The van der Waals surface area contributed by atoms with Gasteiger partial charge in [0.2, 0.25) is 15.9 Å². The lowest BCUT2D eigenvalue weighted by Gasteiger charge is -2.23. The zero-order valence-corrected chi connectivity index (χ0v) is 18.5. The van der Waals surface area contributed by atoms with Gasteiger partial charge in [0.25, 0.3) is 5.91 Å². The van der Waals surface area contributed by atoms with Crippen LogP contribution in [-0.4, -0.2) is 38.7 Å². The van der Waals surface area contributed by atoms with Gasteiger partial charge in [-0.1, -0.05) is 29.8 Å². The molecule has 0 atom stereocenters. The number of carbonyl (C=O) groups is 2. The molecule has 160 valence electrons. The summed E-state index contributed by atoms with van der Waals surface area (Å²) in [5, 5.41) is 6.74. The van der Waals surface area contributed by atoms with Gasteiger partial charge in [-0.3, -0.25) is 13.9 Å². The van der Waals surface area contributed by atoms with Crippen LogP contribution in [0.3, 0.4) is 0 Å². The second-order valence-corrected chi connectivity index (χ2v) is 8.96. The first-order valence-electron chi connectivity index (χ1n) is 9.23.